The van der Waals surface area contributed by atoms with E-state index in [1.165, 1.54) is 0 Å². The van der Waals surface area contributed by atoms with E-state index < -0.39 is 5.97 Å². The molecule has 1 aliphatic heterocycles. The Morgan fingerprint density at radius 3 is 2.52 bits per heavy atom. The molecule has 0 aromatic carbocycles. The number of carboxylic acids is 1. The number of anilines is 1. The number of aromatic nitrogens is 1. The normalized spacial score (nSPS) is 28.2. The molecule has 2 amide bonds. The molecule has 1 N–H and O–H groups in total. The van der Waals surface area contributed by atoms with Gasteiger partial charge in [0.2, 0.25) is 11.8 Å². The number of thiazole rings is 1. The summed E-state index contributed by atoms with van der Waals surface area (Å²) < 4.78 is 0. The highest BCUT2D eigenvalue weighted by atomic mass is 32.1. The Kier molecular flexibility index (Phi) is 3.52. The summed E-state index contributed by atoms with van der Waals surface area (Å²) in [5.41, 5.74) is 0.381. The molecule has 1 saturated heterocycles. The van der Waals surface area contributed by atoms with Gasteiger partial charge in [0, 0.05) is 5.38 Å². The number of carboxylic acid groups (broad SMARTS) is 1. The van der Waals surface area contributed by atoms with Gasteiger partial charge in [-0.1, -0.05) is 13.3 Å². The molecule has 0 radical (unpaired) electrons. The average molecular weight is 308 g/mol. The first-order chi connectivity index (χ1) is 10.0. The van der Waals surface area contributed by atoms with Crippen molar-refractivity contribution in [1.82, 2.24) is 4.98 Å². The number of fused-ring (bicyclic) bond motifs is 1. The van der Waals surface area contributed by atoms with Crippen molar-refractivity contribution in [2.45, 2.75) is 32.6 Å². The second-order valence-corrected chi connectivity index (χ2v) is 6.50. The van der Waals surface area contributed by atoms with Crippen LogP contribution in [0, 0.1) is 17.8 Å². The Hall–Kier alpha value is -1.76. The van der Waals surface area contributed by atoms with Gasteiger partial charge in [0.25, 0.3) is 0 Å². The van der Waals surface area contributed by atoms with Crippen LogP contribution in [-0.4, -0.2) is 27.9 Å². The lowest BCUT2D eigenvalue weighted by atomic mass is 10.00. The molecule has 6 nitrogen and oxygen atoms in total. The monoisotopic (exact) mass is 308 g/mol. The first-order valence-corrected chi connectivity index (χ1v) is 7.93. The maximum absolute atomic E-state index is 12.4. The topological polar surface area (TPSA) is 87.6 Å². The Balaban J connectivity index is 1.81. The molecule has 3 rings (SSSR count). The van der Waals surface area contributed by atoms with Crippen LogP contribution in [0.2, 0.25) is 0 Å². The van der Waals surface area contributed by atoms with E-state index in [1.54, 1.807) is 5.38 Å². The average Bonchev–Trinajstić information content (AvgIpc) is 3.08. The van der Waals surface area contributed by atoms with Gasteiger partial charge in [-0.2, -0.15) is 0 Å². The number of hydrogen-bond acceptors (Lipinski definition) is 5. The standard InChI is InChI=1S/C14H16N2O4S/c1-2-7-3-9-10(4-7)13(20)16(12(9)19)14-15-8(6-21-14)5-11(17)18/h6-7,9-10H,2-5H2,1H3,(H,17,18). The number of carbonyl (C=O) groups excluding carboxylic acids is 2. The van der Waals surface area contributed by atoms with Crippen molar-refractivity contribution in [1.29, 1.82) is 0 Å². The van der Waals surface area contributed by atoms with Gasteiger partial charge in [-0.05, 0) is 18.8 Å². The lowest BCUT2D eigenvalue weighted by Crippen LogP contribution is -2.32. The lowest BCUT2D eigenvalue weighted by molar-refractivity contribution is -0.136. The number of carbonyl (C=O) groups is 3. The number of rotatable bonds is 4. The van der Waals surface area contributed by atoms with Crippen LogP contribution in [0.4, 0.5) is 5.13 Å². The van der Waals surface area contributed by atoms with E-state index in [2.05, 4.69) is 11.9 Å². The highest BCUT2D eigenvalue weighted by molar-refractivity contribution is 7.14. The maximum Gasteiger partial charge on any atom is 0.309 e. The predicted octanol–water partition coefficient (Wildman–Crippen LogP) is 1.70. The van der Waals surface area contributed by atoms with Gasteiger partial charge in [0.1, 0.15) is 0 Å². The van der Waals surface area contributed by atoms with Crippen LogP contribution in [0.5, 0.6) is 0 Å². The van der Waals surface area contributed by atoms with Crippen molar-refractivity contribution in [3.8, 4) is 0 Å². The quantitative estimate of drug-likeness (QED) is 0.855. The molecule has 2 aliphatic rings. The van der Waals surface area contributed by atoms with Gasteiger partial charge >= 0.3 is 5.97 Å². The van der Waals surface area contributed by atoms with Gasteiger partial charge in [-0.3, -0.25) is 14.4 Å². The van der Waals surface area contributed by atoms with Crippen LogP contribution in [0.25, 0.3) is 0 Å². The molecule has 21 heavy (non-hydrogen) atoms. The molecule has 2 atom stereocenters. The van der Waals surface area contributed by atoms with Gasteiger partial charge in [0.05, 0.1) is 24.0 Å². The van der Waals surface area contributed by atoms with Crippen molar-refractivity contribution < 1.29 is 19.5 Å². The molecule has 1 aromatic heterocycles. The molecule has 2 heterocycles. The minimum Gasteiger partial charge on any atom is -0.481 e. The molecule has 1 aromatic rings. The van der Waals surface area contributed by atoms with Crippen molar-refractivity contribution in [2.75, 3.05) is 4.90 Å². The number of nitrogens with zero attached hydrogens (tertiary/aromatic N) is 2. The Labute approximate surface area is 125 Å². The fourth-order valence-corrected chi connectivity index (χ4v) is 4.12. The van der Waals surface area contributed by atoms with Crippen LogP contribution < -0.4 is 4.90 Å². The van der Waals surface area contributed by atoms with Crippen molar-refractivity contribution >= 4 is 34.3 Å². The molecular formula is C14H16N2O4S. The van der Waals surface area contributed by atoms with Crippen LogP contribution in [-0.2, 0) is 20.8 Å². The van der Waals surface area contributed by atoms with Gasteiger partial charge in [-0.15, -0.1) is 11.3 Å². The van der Waals surface area contributed by atoms with Gasteiger partial charge in [0.15, 0.2) is 5.13 Å². The smallest absolute Gasteiger partial charge is 0.309 e. The molecular weight excluding hydrogens is 292 g/mol. The summed E-state index contributed by atoms with van der Waals surface area (Å²) in [6, 6.07) is 0. The third-order valence-electron chi connectivity index (χ3n) is 4.38. The lowest BCUT2D eigenvalue weighted by Gasteiger charge is -2.14. The maximum atomic E-state index is 12.4. The second-order valence-electron chi connectivity index (χ2n) is 5.66. The van der Waals surface area contributed by atoms with Gasteiger partial charge < -0.3 is 5.11 Å². The summed E-state index contributed by atoms with van der Waals surface area (Å²) in [4.78, 5) is 40.9. The first-order valence-electron chi connectivity index (χ1n) is 7.05. The van der Waals surface area contributed by atoms with Gasteiger partial charge in [-0.25, -0.2) is 9.88 Å². The summed E-state index contributed by atoms with van der Waals surface area (Å²) >= 11 is 1.15. The van der Waals surface area contributed by atoms with E-state index in [4.69, 9.17) is 5.11 Å². The Morgan fingerprint density at radius 1 is 1.38 bits per heavy atom. The molecule has 1 saturated carbocycles. The third-order valence-corrected chi connectivity index (χ3v) is 5.25. The minimum absolute atomic E-state index is 0.169. The summed E-state index contributed by atoms with van der Waals surface area (Å²) in [6.45, 7) is 2.08. The zero-order valence-electron chi connectivity index (χ0n) is 11.6. The highest BCUT2D eigenvalue weighted by Gasteiger charge is 2.53. The second kappa shape index (κ2) is 5.22. The first kappa shape index (κ1) is 14.2. The van der Waals surface area contributed by atoms with Crippen LogP contribution >= 0.6 is 11.3 Å². The zero-order valence-corrected chi connectivity index (χ0v) is 12.4. The number of imide groups is 1. The van der Waals surface area contributed by atoms with E-state index in [0.29, 0.717) is 16.7 Å². The molecule has 0 bridgehead atoms. The number of hydrogen-bond donors (Lipinski definition) is 1. The minimum atomic E-state index is -0.978. The largest absolute Gasteiger partial charge is 0.481 e. The van der Waals surface area contributed by atoms with Crippen LogP contribution in [0.15, 0.2) is 5.38 Å². The van der Waals surface area contributed by atoms with Crippen LogP contribution in [0.3, 0.4) is 0 Å². The van der Waals surface area contributed by atoms with Crippen LogP contribution in [0.1, 0.15) is 31.9 Å². The third kappa shape index (κ3) is 2.35. The van der Waals surface area contributed by atoms with E-state index in [-0.39, 0.29) is 30.1 Å². The fraction of sp³-hybridized carbons (Fsp3) is 0.571. The summed E-state index contributed by atoms with van der Waals surface area (Å²) in [6.07, 6.45) is 2.34. The highest BCUT2D eigenvalue weighted by Crippen LogP contribution is 2.45. The van der Waals surface area contributed by atoms with Crippen molar-refractivity contribution in [3.63, 3.8) is 0 Å². The zero-order chi connectivity index (χ0) is 15.1. The van der Waals surface area contributed by atoms with E-state index in [9.17, 15) is 14.4 Å². The Bertz CT molecular complexity index is 588. The molecule has 0 spiro atoms. The van der Waals surface area contributed by atoms with Crippen molar-refractivity contribution in [2.24, 2.45) is 17.8 Å². The van der Waals surface area contributed by atoms with E-state index >= 15 is 0 Å². The number of aliphatic carboxylic acids is 1. The SMILES string of the molecule is CCC1CC2C(=O)N(c3nc(CC(=O)O)cs3)C(=O)C2C1. The van der Waals surface area contributed by atoms with E-state index in [1.807, 2.05) is 0 Å². The summed E-state index contributed by atoms with van der Waals surface area (Å²) in [7, 11) is 0. The summed E-state index contributed by atoms with van der Waals surface area (Å²) in [5, 5.41) is 10.6. The number of amides is 2. The van der Waals surface area contributed by atoms with Crippen molar-refractivity contribution in [3.05, 3.63) is 11.1 Å². The molecule has 2 unspecified atom stereocenters. The molecule has 1 aliphatic carbocycles. The predicted molar refractivity (Wildman–Crippen MR) is 75.9 cm³/mol. The molecule has 7 heteroatoms. The molecule has 2 fully saturated rings. The summed E-state index contributed by atoms with van der Waals surface area (Å²) in [5.74, 6) is -1.29. The molecule has 112 valence electrons. The fourth-order valence-electron chi connectivity index (χ4n) is 3.29. The van der Waals surface area contributed by atoms with E-state index in [0.717, 1.165) is 35.5 Å². The Morgan fingerprint density at radius 2 is 2.00 bits per heavy atom.